The summed E-state index contributed by atoms with van der Waals surface area (Å²) in [6.45, 7) is -0.327. The van der Waals surface area contributed by atoms with Crippen LogP contribution in [0.5, 0.6) is 5.75 Å². The van der Waals surface area contributed by atoms with Crippen molar-refractivity contribution < 1.29 is 24.5 Å². The van der Waals surface area contributed by atoms with E-state index in [0.717, 1.165) is 0 Å². The molecule has 4 N–H and O–H groups in total. The van der Waals surface area contributed by atoms with Crippen molar-refractivity contribution in [2.75, 3.05) is 19.0 Å². The van der Waals surface area contributed by atoms with Crippen LogP contribution in [0.3, 0.4) is 0 Å². The number of methoxy groups -OCH3 is 1. The summed E-state index contributed by atoms with van der Waals surface area (Å²) in [4.78, 5) is 22.5. The van der Waals surface area contributed by atoms with E-state index in [-0.39, 0.29) is 13.0 Å². The molecule has 104 valence electrons. The lowest BCUT2D eigenvalue weighted by Gasteiger charge is -2.15. The minimum atomic E-state index is -1.20. The van der Waals surface area contributed by atoms with Gasteiger partial charge in [0.15, 0.2) is 0 Å². The highest BCUT2D eigenvalue weighted by molar-refractivity contribution is 5.93. The molecule has 7 nitrogen and oxygen atoms in total. The second kappa shape index (κ2) is 7.22. The summed E-state index contributed by atoms with van der Waals surface area (Å²) in [6.07, 6.45) is -0.0608. The van der Waals surface area contributed by atoms with Gasteiger partial charge in [-0.25, -0.2) is 9.59 Å². The fourth-order valence-electron chi connectivity index (χ4n) is 1.45. The van der Waals surface area contributed by atoms with Crippen molar-refractivity contribution >= 4 is 17.7 Å². The number of benzene rings is 1. The van der Waals surface area contributed by atoms with Crippen LogP contribution in [0.15, 0.2) is 24.3 Å². The third-order valence-corrected chi connectivity index (χ3v) is 2.38. The molecular formula is C12H16N2O5. The Morgan fingerprint density at radius 3 is 2.63 bits per heavy atom. The minimum absolute atomic E-state index is 0.0608. The van der Waals surface area contributed by atoms with Gasteiger partial charge < -0.3 is 25.6 Å². The number of carbonyl (C=O) groups excluding carboxylic acids is 1. The molecule has 19 heavy (non-hydrogen) atoms. The van der Waals surface area contributed by atoms with Crippen molar-refractivity contribution in [3.63, 3.8) is 0 Å². The van der Waals surface area contributed by atoms with E-state index in [1.54, 1.807) is 24.3 Å². The van der Waals surface area contributed by atoms with Crippen molar-refractivity contribution in [3.8, 4) is 5.75 Å². The van der Waals surface area contributed by atoms with Crippen molar-refractivity contribution in [1.82, 2.24) is 5.32 Å². The Balaban J connectivity index is 2.66. The maximum atomic E-state index is 11.6. The number of carboxylic acid groups (broad SMARTS) is 1. The van der Waals surface area contributed by atoms with Gasteiger partial charge in [0.1, 0.15) is 11.8 Å². The maximum absolute atomic E-state index is 11.6. The van der Waals surface area contributed by atoms with Gasteiger partial charge in [0.05, 0.1) is 12.8 Å². The smallest absolute Gasteiger partial charge is 0.326 e. The number of aliphatic hydroxyl groups excluding tert-OH is 1. The first-order valence-electron chi connectivity index (χ1n) is 5.62. The molecule has 2 amide bonds. The second-order valence-corrected chi connectivity index (χ2v) is 3.70. The van der Waals surface area contributed by atoms with Gasteiger partial charge in [0.2, 0.25) is 0 Å². The minimum Gasteiger partial charge on any atom is -0.495 e. The number of rotatable bonds is 6. The number of hydrogen-bond donors (Lipinski definition) is 4. The predicted molar refractivity (Wildman–Crippen MR) is 68.3 cm³/mol. The first-order chi connectivity index (χ1) is 9.08. The molecule has 1 rings (SSSR count). The zero-order valence-corrected chi connectivity index (χ0v) is 10.4. The summed E-state index contributed by atoms with van der Waals surface area (Å²) < 4.78 is 5.05. The summed E-state index contributed by atoms with van der Waals surface area (Å²) in [5.41, 5.74) is 0.427. The highest BCUT2D eigenvalue weighted by Crippen LogP contribution is 2.22. The van der Waals surface area contributed by atoms with Crippen molar-refractivity contribution in [1.29, 1.82) is 0 Å². The lowest BCUT2D eigenvalue weighted by molar-refractivity contribution is -0.139. The molecule has 0 spiro atoms. The van der Waals surface area contributed by atoms with E-state index in [0.29, 0.717) is 11.4 Å². The van der Waals surface area contributed by atoms with Crippen LogP contribution in [0, 0.1) is 0 Å². The van der Waals surface area contributed by atoms with Gasteiger partial charge in [-0.2, -0.15) is 0 Å². The van der Waals surface area contributed by atoms with E-state index in [1.807, 2.05) is 0 Å². The van der Waals surface area contributed by atoms with Crippen molar-refractivity contribution in [2.45, 2.75) is 12.5 Å². The number of hydrogen-bond acceptors (Lipinski definition) is 4. The number of amides is 2. The molecule has 0 unspecified atom stereocenters. The normalized spacial score (nSPS) is 11.5. The van der Waals surface area contributed by atoms with Crippen LogP contribution < -0.4 is 15.4 Å². The lowest BCUT2D eigenvalue weighted by atomic mass is 10.2. The molecule has 0 aliphatic heterocycles. The molecule has 0 radical (unpaired) electrons. The number of aliphatic hydroxyl groups is 1. The second-order valence-electron chi connectivity index (χ2n) is 3.70. The zero-order chi connectivity index (χ0) is 14.3. The fourth-order valence-corrected chi connectivity index (χ4v) is 1.45. The van der Waals surface area contributed by atoms with E-state index >= 15 is 0 Å². The number of ether oxygens (including phenoxy) is 1. The molecule has 1 aromatic carbocycles. The molecular weight excluding hydrogens is 252 g/mol. The molecule has 0 bridgehead atoms. The number of urea groups is 1. The number of para-hydroxylation sites is 2. The quantitative estimate of drug-likeness (QED) is 0.606. The van der Waals surface area contributed by atoms with E-state index in [2.05, 4.69) is 10.6 Å². The predicted octanol–water partition coefficient (Wildman–Crippen LogP) is 0.652. The van der Waals surface area contributed by atoms with Gasteiger partial charge in [-0.15, -0.1) is 0 Å². The summed E-state index contributed by atoms with van der Waals surface area (Å²) in [5.74, 6) is -0.740. The van der Waals surface area contributed by atoms with Crippen LogP contribution in [0.2, 0.25) is 0 Å². The number of carbonyl (C=O) groups is 2. The van der Waals surface area contributed by atoms with E-state index < -0.39 is 18.0 Å². The number of nitrogens with one attached hydrogen (secondary N) is 2. The van der Waals surface area contributed by atoms with Crippen LogP contribution in [0.4, 0.5) is 10.5 Å². The largest absolute Gasteiger partial charge is 0.495 e. The monoisotopic (exact) mass is 268 g/mol. The molecule has 0 aromatic heterocycles. The number of anilines is 1. The lowest BCUT2D eigenvalue weighted by Crippen LogP contribution is -2.43. The zero-order valence-electron chi connectivity index (χ0n) is 10.4. The first-order valence-corrected chi connectivity index (χ1v) is 5.62. The summed E-state index contributed by atoms with van der Waals surface area (Å²) in [5, 5.41) is 22.3. The van der Waals surface area contributed by atoms with E-state index in [9.17, 15) is 9.59 Å². The average Bonchev–Trinajstić information content (AvgIpc) is 2.38. The Hall–Kier alpha value is -2.28. The highest BCUT2D eigenvalue weighted by Gasteiger charge is 2.19. The Bertz CT molecular complexity index is 450. The molecule has 0 aliphatic carbocycles. The van der Waals surface area contributed by atoms with Crippen LogP contribution in [-0.2, 0) is 4.79 Å². The van der Waals surface area contributed by atoms with Crippen LogP contribution >= 0.6 is 0 Å². The summed E-state index contributed by atoms with van der Waals surface area (Å²) >= 11 is 0. The van der Waals surface area contributed by atoms with Gasteiger partial charge in [-0.05, 0) is 12.1 Å². The van der Waals surface area contributed by atoms with Crippen LogP contribution in [-0.4, -0.2) is 42.0 Å². The standard InChI is InChI=1S/C12H16N2O5/c1-19-10-5-3-2-4-8(10)13-12(18)14-9(6-7-15)11(16)17/h2-5,9,15H,6-7H2,1H3,(H,16,17)(H2,13,14,18)/t9-/m0/s1. The molecule has 7 heteroatoms. The Morgan fingerprint density at radius 1 is 1.37 bits per heavy atom. The average molecular weight is 268 g/mol. The first kappa shape index (κ1) is 14.8. The molecule has 0 aliphatic rings. The topological polar surface area (TPSA) is 108 Å². The maximum Gasteiger partial charge on any atom is 0.326 e. The molecule has 0 saturated heterocycles. The van der Waals surface area contributed by atoms with Gasteiger partial charge in [0.25, 0.3) is 0 Å². The van der Waals surface area contributed by atoms with E-state index in [1.165, 1.54) is 7.11 Å². The third-order valence-electron chi connectivity index (χ3n) is 2.38. The molecule has 1 atom stereocenters. The Morgan fingerprint density at radius 2 is 2.05 bits per heavy atom. The van der Waals surface area contributed by atoms with Crippen molar-refractivity contribution in [3.05, 3.63) is 24.3 Å². The van der Waals surface area contributed by atoms with Gasteiger partial charge in [0, 0.05) is 13.0 Å². The van der Waals surface area contributed by atoms with Crippen molar-refractivity contribution in [2.24, 2.45) is 0 Å². The summed E-state index contributed by atoms with van der Waals surface area (Å²) in [7, 11) is 1.46. The molecule has 0 fully saturated rings. The molecule has 0 saturated carbocycles. The van der Waals surface area contributed by atoms with Crippen LogP contribution in [0.1, 0.15) is 6.42 Å². The SMILES string of the molecule is COc1ccccc1NC(=O)N[C@@H](CCO)C(=O)O. The summed E-state index contributed by atoms with van der Waals surface area (Å²) in [6, 6.07) is 4.93. The Labute approximate surface area is 110 Å². The van der Waals surface area contributed by atoms with Gasteiger partial charge in [-0.3, -0.25) is 0 Å². The molecule has 0 heterocycles. The Kier molecular flexibility index (Phi) is 5.62. The number of aliphatic carboxylic acids is 1. The van der Waals surface area contributed by atoms with Crippen LogP contribution in [0.25, 0.3) is 0 Å². The highest BCUT2D eigenvalue weighted by atomic mass is 16.5. The van der Waals surface area contributed by atoms with Gasteiger partial charge in [-0.1, -0.05) is 12.1 Å². The molecule has 1 aromatic rings. The van der Waals surface area contributed by atoms with Gasteiger partial charge >= 0.3 is 12.0 Å². The van der Waals surface area contributed by atoms with E-state index in [4.69, 9.17) is 14.9 Å². The fraction of sp³-hybridized carbons (Fsp3) is 0.333. The third kappa shape index (κ3) is 4.47. The number of carboxylic acids is 1.